The predicted octanol–water partition coefficient (Wildman–Crippen LogP) is 5.18. The second kappa shape index (κ2) is 12.3. The number of nitrogens with zero attached hydrogens (tertiary/aromatic N) is 1. The van der Waals surface area contributed by atoms with Crippen LogP contribution in [0.2, 0.25) is 0 Å². The van der Waals surface area contributed by atoms with Crippen molar-refractivity contribution in [2.75, 3.05) is 19.0 Å². The molecule has 0 saturated heterocycles. The largest absolute Gasteiger partial charge is 0.493 e. The molecule has 0 atom stereocenters. The number of carbonyl (C=O) groups excluding carboxylic acids is 3. The van der Waals surface area contributed by atoms with Gasteiger partial charge in [0.15, 0.2) is 18.1 Å². The fraction of sp³-hybridized carbons (Fsp3) is 0.429. The van der Waals surface area contributed by atoms with Crippen LogP contribution in [0.4, 0.5) is 5.00 Å². The molecular weight excluding hydrogens is 524 g/mol. The minimum absolute atomic E-state index is 0.192. The number of hydrogen-bond acceptors (Lipinski definition) is 10. The minimum Gasteiger partial charge on any atom is -0.493 e. The van der Waals surface area contributed by atoms with Gasteiger partial charge in [0, 0.05) is 4.88 Å². The van der Waals surface area contributed by atoms with E-state index in [1.807, 2.05) is 6.92 Å². The van der Waals surface area contributed by atoms with Crippen molar-refractivity contribution in [3.05, 3.63) is 56.8 Å². The maximum atomic E-state index is 12.8. The average Bonchev–Trinajstić information content (AvgIpc) is 3.43. The van der Waals surface area contributed by atoms with Gasteiger partial charge in [0.05, 0.1) is 35.6 Å². The Hall–Kier alpha value is -3.86. The van der Waals surface area contributed by atoms with Gasteiger partial charge < -0.3 is 28.8 Å². The number of benzene rings is 1. The number of carbonyl (C=O) groups is 3. The van der Waals surface area contributed by atoms with Gasteiger partial charge in [-0.15, -0.1) is 11.3 Å². The van der Waals surface area contributed by atoms with Crippen molar-refractivity contribution in [1.82, 2.24) is 5.16 Å². The smallest absolute Gasteiger partial charge is 0.341 e. The summed E-state index contributed by atoms with van der Waals surface area (Å²) in [5, 5.41) is 7.08. The Morgan fingerprint density at radius 3 is 2.56 bits per heavy atom. The third kappa shape index (κ3) is 6.59. The maximum absolute atomic E-state index is 12.8. The molecule has 1 amide bonds. The second-order valence-corrected chi connectivity index (χ2v) is 10.6. The van der Waals surface area contributed by atoms with Crippen molar-refractivity contribution in [2.45, 2.75) is 66.1 Å². The van der Waals surface area contributed by atoms with Crippen LogP contribution < -0.4 is 14.8 Å². The summed E-state index contributed by atoms with van der Waals surface area (Å²) in [6.45, 7) is 6.89. The SMILES string of the molecule is COc1cc(C(=O)OCC(=O)Nc2sc3c(c2C(=O)OC(C)C)CCCC3)ccc1OCc1c(C)noc1C. The molecule has 2 heterocycles. The first-order valence-corrected chi connectivity index (χ1v) is 13.5. The summed E-state index contributed by atoms with van der Waals surface area (Å²) in [5.41, 5.74) is 3.10. The molecule has 2 aromatic heterocycles. The van der Waals surface area contributed by atoms with E-state index < -0.39 is 24.5 Å². The molecule has 0 radical (unpaired) electrons. The number of fused-ring (bicyclic) bond motifs is 1. The summed E-state index contributed by atoms with van der Waals surface area (Å²) in [6, 6.07) is 4.60. The highest BCUT2D eigenvalue weighted by Gasteiger charge is 2.28. The first-order valence-electron chi connectivity index (χ1n) is 12.7. The normalized spacial score (nSPS) is 12.6. The predicted molar refractivity (Wildman–Crippen MR) is 144 cm³/mol. The maximum Gasteiger partial charge on any atom is 0.341 e. The lowest BCUT2D eigenvalue weighted by atomic mass is 9.95. The van der Waals surface area contributed by atoms with E-state index in [4.69, 9.17) is 23.5 Å². The molecule has 3 aromatic rings. The first-order chi connectivity index (χ1) is 18.7. The Morgan fingerprint density at radius 2 is 1.87 bits per heavy atom. The number of hydrogen-bond donors (Lipinski definition) is 1. The lowest BCUT2D eigenvalue weighted by Gasteiger charge is -2.14. The van der Waals surface area contributed by atoms with Gasteiger partial charge in [0.25, 0.3) is 5.91 Å². The summed E-state index contributed by atoms with van der Waals surface area (Å²) in [6.07, 6.45) is 3.34. The Morgan fingerprint density at radius 1 is 1.10 bits per heavy atom. The van der Waals surface area contributed by atoms with Gasteiger partial charge in [-0.1, -0.05) is 5.16 Å². The first kappa shape index (κ1) is 28.2. The number of methoxy groups -OCH3 is 1. The standard InChI is InChI=1S/C28H32N2O8S/c1-15(2)37-28(33)25-19-8-6-7-9-23(19)39-26(25)29-24(31)14-36-27(32)18-10-11-21(22(12-18)34-5)35-13-20-16(3)30-38-17(20)4/h10-12,15H,6-9,13-14H2,1-5H3,(H,29,31). The fourth-order valence-corrected chi connectivity index (χ4v) is 5.59. The molecule has 0 spiro atoms. The third-order valence-corrected chi connectivity index (χ3v) is 7.47. The molecule has 1 aliphatic rings. The van der Waals surface area contributed by atoms with Crippen molar-refractivity contribution in [3.63, 3.8) is 0 Å². The van der Waals surface area contributed by atoms with Crippen LogP contribution in [0.15, 0.2) is 22.7 Å². The zero-order valence-electron chi connectivity index (χ0n) is 22.7. The summed E-state index contributed by atoms with van der Waals surface area (Å²) in [4.78, 5) is 39.2. The molecule has 1 N–H and O–H groups in total. The van der Waals surface area contributed by atoms with Gasteiger partial charge in [0.1, 0.15) is 17.4 Å². The van der Waals surface area contributed by atoms with E-state index in [9.17, 15) is 14.4 Å². The highest BCUT2D eigenvalue weighted by atomic mass is 32.1. The highest BCUT2D eigenvalue weighted by molar-refractivity contribution is 7.17. The molecule has 1 aliphatic carbocycles. The third-order valence-electron chi connectivity index (χ3n) is 6.26. The Bertz CT molecular complexity index is 1350. The van der Waals surface area contributed by atoms with Gasteiger partial charge in [-0.2, -0.15) is 0 Å². The minimum atomic E-state index is -0.703. The summed E-state index contributed by atoms with van der Waals surface area (Å²) >= 11 is 1.37. The molecular formula is C28H32N2O8S. The molecule has 0 fully saturated rings. The van der Waals surface area contributed by atoms with E-state index in [1.54, 1.807) is 26.8 Å². The number of rotatable bonds is 10. The lowest BCUT2D eigenvalue weighted by molar-refractivity contribution is -0.119. The molecule has 4 rings (SSSR count). The fourth-order valence-electron chi connectivity index (χ4n) is 4.29. The van der Waals surface area contributed by atoms with Crippen molar-refractivity contribution in [1.29, 1.82) is 0 Å². The average molecular weight is 557 g/mol. The molecule has 39 heavy (non-hydrogen) atoms. The zero-order chi connectivity index (χ0) is 28.1. The van der Waals surface area contributed by atoms with Gasteiger partial charge >= 0.3 is 11.9 Å². The number of nitrogens with one attached hydrogen (secondary N) is 1. The van der Waals surface area contributed by atoms with Crippen molar-refractivity contribution in [3.8, 4) is 11.5 Å². The Balaban J connectivity index is 1.39. The Labute approximate surface area is 230 Å². The van der Waals surface area contributed by atoms with Crippen LogP contribution in [0, 0.1) is 13.8 Å². The monoisotopic (exact) mass is 556 g/mol. The van der Waals surface area contributed by atoms with E-state index in [1.165, 1.54) is 30.6 Å². The summed E-state index contributed by atoms with van der Waals surface area (Å²) < 4.78 is 27.0. The van der Waals surface area contributed by atoms with Gasteiger partial charge in [-0.3, -0.25) is 4.79 Å². The van der Waals surface area contributed by atoms with E-state index in [2.05, 4.69) is 10.5 Å². The number of ether oxygens (including phenoxy) is 4. The number of anilines is 1. The number of aryl methyl sites for hydroxylation is 3. The lowest BCUT2D eigenvalue weighted by Crippen LogP contribution is -2.22. The van der Waals surface area contributed by atoms with Crippen molar-refractivity contribution < 1.29 is 37.9 Å². The summed E-state index contributed by atoms with van der Waals surface area (Å²) in [7, 11) is 1.46. The van der Waals surface area contributed by atoms with Crippen LogP contribution >= 0.6 is 11.3 Å². The number of amides is 1. The van der Waals surface area contributed by atoms with Crippen LogP contribution in [-0.4, -0.2) is 42.8 Å². The van der Waals surface area contributed by atoms with Crippen LogP contribution in [0.5, 0.6) is 11.5 Å². The van der Waals surface area contributed by atoms with Crippen LogP contribution in [0.1, 0.15) is 74.9 Å². The van der Waals surface area contributed by atoms with Gasteiger partial charge in [-0.05, 0) is 77.1 Å². The number of esters is 2. The van der Waals surface area contributed by atoms with Crippen LogP contribution in [-0.2, 0) is 33.7 Å². The van der Waals surface area contributed by atoms with Crippen molar-refractivity contribution in [2.24, 2.45) is 0 Å². The molecule has 0 saturated carbocycles. The number of thiophene rings is 1. The zero-order valence-corrected chi connectivity index (χ0v) is 23.5. The van der Waals surface area contributed by atoms with Gasteiger partial charge in [0.2, 0.25) is 0 Å². The van der Waals surface area contributed by atoms with Gasteiger partial charge in [-0.25, -0.2) is 9.59 Å². The molecule has 0 bridgehead atoms. The number of aromatic nitrogens is 1. The van der Waals surface area contributed by atoms with E-state index in [-0.39, 0.29) is 18.3 Å². The Kier molecular flexibility index (Phi) is 8.90. The second-order valence-electron chi connectivity index (χ2n) is 9.45. The van der Waals surface area contributed by atoms with Crippen LogP contribution in [0.3, 0.4) is 0 Å². The quantitative estimate of drug-likeness (QED) is 0.336. The molecule has 208 valence electrons. The molecule has 0 aliphatic heterocycles. The van der Waals surface area contributed by atoms with E-state index in [0.29, 0.717) is 27.8 Å². The molecule has 10 nitrogen and oxygen atoms in total. The van der Waals surface area contributed by atoms with E-state index in [0.717, 1.165) is 47.4 Å². The molecule has 0 unspecified atom stereocenters. The highest BCUT2D eigenvalue weighted by Crippen LogP contribution is 2.39. The van der Waals surface area contributed by atoms with Crippen molar-refractivity contribution >= 4 is 34.2 Å². The van der Waals surface area contributed by atoms with Crippen LogP contribution in [0.25, 0.3) is 0 Å². The topological polar surface area (TPSA) is 126 Å². The molecule has 1 aromatic carbocycles. The molecule has 11 heteroatoms. The summed E-state index contributed by atoms with van der Waals surface area (Å²) in [5.74, 6) is -0.290. The van der Waals surface area contributed by atoms with E-state index >= 15 is 0 Å².